The lowest BCUT2D eigenvalue weighted by Gasteiger charge is -2.23. The topological polar surface area (TPSA) is 29.3 Å². The SMILES string of the molecule is CCN1CCc2oncc2C1. The molecule has 0 saturated heterocycles. The predicted molar refractivity (Wildman–Crippen MR) is 41.2 cm³/mol. The van der Waals surface area contributed by atoms with Crippen molar-refractivity contribution in [2.75, 3.05) is 13.1 Å². The summed E-state index contributed by atoms with van der Waals surface area (Å²) in [5.41, 5.74) is 1.26. The third kappa shape index (κ3) is 1.16. The Bertz CT molecular complexity index is 244. The van der Waals surface area contributed by atoms with Gasteiger partial charge in [0.1, 0.15) is 5.76 Å². The van der Waals surface area contributed by atoms with Crippen LogP contribution in [0.25, 0.3) is 0 Å². The van der Waals surface area contributed by atoms with Gasteiger partial charge in [-0.15, -0.1) is 0 Å². The van der Waals surface area contributed by atoms with Crippen molar-refractivity contribution in [1.29, 1.82) is 0 Å². The maximum atomic E-state index is 5.07. The maximum Gasteiger partial charge on any atom is 0.142 e. The van der Waals surface area contributed by atoms with Gasteiger partial charge in [-0.05, 0) is 6.54 Å². The smallest absolute Gasteiger partial charge is 0.142 e. The van der Waals surface area contributed by atoms with E-state index < -0.39 is 0 Å². The number of fused-ring (bicyclic) bond motifs is 1. The van der Waals surface area contributed by atoms with Gasteiger partial charge in [-0.2, -0.15) is 0 Å². The van der Waals surface area contributed by atoms with Crippen molar-refractivity contribution in [3.8, 4) is 0 Å². The summed E-state index contributed by atoms with van der Waals surface area (Å²) >= 11 is 0. The second-order valence-corrected chi connectivity index (χ2v) is 2.89. The summed E-state index contributed by atoms with van der Waals surface area (Å²) in [6.45, 7) is 5.41. The molecule has 1 aliphatic rings. The minimum absolute atomic E-state index is 1.01. The molecular weight excluding hydrogens is 140 g/mol. The molecular formula is C8H12N2O. The minimum atomic E-state index is 1.01. The van der Waals surface area contributed by atoms with Crippen LogP contribution in [0.15, 0.2) is 10.7 Å². The highest BCUT2D eigenvalue weighted by atomic mass is 16.5. The van der Waals surface area contributed by atoms with Gasteiger partial charge < -0.3 is 4.52 Å². The molecule has 0 saturated carbocycles. The van der Waals surface area contributed by atoms with Crippen LogP contribution in [0, 0.1) is 0 Å². The molecule has 1 aromatic heterocycles. The first kappa shape index (κ1) is 6.85. The first-order valence-corrected chi connectivity index (χ1v) is 4.05. The van der Waals surface area contributed by atoms with Crippen molar-refractivity contribution in [2.45, 2.75) is 19.9 Å². The van der Waals surface area contributed by atoms with Crippen molar-refractivity contribution in [3.05, 3.63) is 17.5 Å². The molecule has 0 atom stereocenters. The summed E-state index contributed by atoms with van der Waals surface area (Å²) in [6.07, 6.45) is 2.85. The molecule has 3 nitrogen and oxygen atoms in total. The molecule has 3 heteroatoms. The van der Waals surface area contributed by atoms with E-state index in [1.54, 1.807) is 0 Å². The molecule has 0 amide bonds. The highest BCUT2D eigenvalue weighted by Crippen LogP contribution is 2.17. The number of rotatable bonds is 1. The van der Waals surface area contributed by atoms with E-state index >= 15 is 0 Å². The fourth-order valence-electron chi connectivity index (χ4n) is 1.47. The van der Waals surface area contributed by atoms with Crippen LogP contribution in [0.1, 0.15) is 18.2 Å². The second kappa shape index (κ2) is 2.66. The largest absolute Gasteiger partial charge is 0.361 e. The fourth-order valence-corrected chi connectivity index (χ4v) is 1.47. The highest BCUT2D eigenvalue weighted by Gasteiger charge is 2.17. The average molecular weight is 152 g/mol. The molecule has 2 rings (SSSR count). The molecule has 0 aromatic carbocycles. The number of likely N-dealkylation sites (N-methyl/N-ethyl adjacent to an activating group) is 1. The lowest BCUT2D eigenvalue weighted by Crippen LogP contribution is -2.29. The summed E-state index contributed by atoms with van der Waals surface area (Å²) in [5.74, 6) is 1.08. The minimum Gasteiger partial charge on any atom is -0.361 e. The zero-order valence-electron chi connectivity index (χ0n) is 6.71. The van der Waals surface area contributed by atoms with Gasteiger partial charge in [0.2, 0.25) is 0 Å². The van der Waals surface area contributed by atoms with E-state index in [2.05, 4.69) is 17.0 Å². The van der Waals surface area contributed by atoms with Gasteiger partial charge in [-0.25, -0.2) is 0 Å². The highest BCUT2D eigenvalue weighted by molar-refractivity contribution is 5.16. The summed E-state index contributed by atoms with van der Waals surface area (Å²) in [4.78, 5) is 2.39. The van der Waals surface area contributed by atoms with Crippen LogP contribution in [0.5, 0.6) is 0 Å². The summed E-state index contributed by atoms with van der Waals surface area (Å²) in [5, 5.41) is 3.77. The average Bonchev–Trinajstić information content (AvgIpc) is 2.50. The molecule has 1 aromatic rings. The van der Waals surface area contributed by atoms with E-state index in [-0.39, 0.29) is 0 Å². The molecule has 0 N–H and O–H groups in total. The lowest BCUT2D eigenvalue weighted by molar-refractivity contribution is 0.247. The maximum absolute atomic E-state index is 5.07. The molecule has 0 spiro atoms. The molecule has 0 radical (unpaired) electrons. The van der Waals surface area contributed by atoms with Gasteiger partial charge in [0.25, 0.3) is 0 Å². The molecule has 0 bridgehead atoms. The number of hydrogen-bond donors (Lipinski definition) is 0. The first-order valence-electron chi connectivity index (χ1n) is 4.05. The Labute approximate surface area is 66.0 Å². The monoisotopic (exact) mass is 152 g/mol. The van der Waals surface area contributed by atoms with Gasteiger partial charge in [0.15, 0.2) is 0 Å². The van der Waals surface area contributed by atoms with Crippen LogP contribution < -0.4 is 0 Å². The Kier molecular flexibility index (Phi) is 1.66. The first-order chi connectivity index (χ1) is 5.40. The summed E-state index contributed by atoms with van der Waals surface area (Å²) in [7, 11) is 0. The third-order valence-electron chi connectivity index (χ3n) is 2.23. The van der Waals surface area contributed by atoms with Crippen molar-refractivity contribution < 1.29 is 4.52 Å². The van der Waals surface area contributed by atoms with E-state index in [1.807, 2.05) is 6.20 Å². The Morgan fingerprint density at radius 1 is 1.73 bits per heavy atom. The van der Waals surface area contributed by atoms with Gasteiger partial charge in [0, 0.05) is 25.1 Å². The van der Waals surface area contributed by atoms with Crippen LogP contribution in [0.4, 0.5) is 0 Å². The molecule has 0 aliphatic carbocycles. The number of nitrogens with zero attached hydrogens (tertiary/aromatic N) is 2. The van der Waals surface area contributed by atoms with Crippen molar-refractivity contribution in [3.63, 3.8) is 0 Å². The molecule has 0 fully saturated rings. The summed E-state index contributed by atoms with van der Waals surface area (Å²) in [6, 6.07) is 0. The summed E-state index contributed by atoms with van der Waals surface area (Å²) < 4.78 is 5.07. The normalized spacial score (nSPS) is 18.3. The Hall–Kier alpha value is -0.830. The van der Waals surface area contributed by atoms with Crippen molar-refractivity contribution in [2.24, 2.45) is 0 Å². The van der Waals surface area contributed by atoms with E-state index in [4.69, 9.17) is 4.52 Å². The van der Waals surface area contributed by atoms with Crippen molar-refractivity contribution >= 4 is 0 Å². The molecule has 0 unspecified atom stereocenters. The van der Waals surface area contributed by atoms with Crippen LogP contribution >= 0.6 is 0 Å². The fraction of sp³-hybridized carbons (Fsp3) is 0.625. The Morgan fingerprint density at radius 2 is 2.64 bits per heavy atom. The lowest BCUT2D eigenvalue weighted by atomic mass is 10.1. The molecule has 2 heterocycles. The Balaban J connectivity index is 2.18. The van der Waals surface area contributed by atoms with Crippen LogP contribution in [0.2, 0.25) is 0 Å². The number of aromatic nitrogens is 1. The standard InChI is InChI=1S/C8H12N2O/c1-2-10-4-3-8-7(6-10)5-9-11-8/h5H,2-4,6H2,1H3. The van der Waals surface area contributed by atoms with Crippen LogP contribution in [-0.4, -0.2) is 23.1 Å². The van der Waals surface area contributed by atoms with Gasteiger partial charge in [-0.3, -0.25) is 4.90 Å². The van der Waals surface area contributed by atoms with Crippen LogP contribution in [-0.2, 0) is 13.0 Å². The van der Waals surface area contributed by atoms with Crippen LogP contribution in [0.3, 0.4) is 0 Å². The third-order valence-corrected chi connectivity index (χ3v) is 2.23. The molecule has 11 heavy (non-hydrogen) atoms. The van der Waals surface area contributed by atoms with E-state index in [9.17, 15) is 0 Å². The molecule has 1 aliphatic heterocycles. The Morgan fingerprint density at radius 3 is 3.45 bits per heavy atom. The van der Waals surface area contributed by atoms with E-state index in [0.29, 0.717) is 0 Å². The quantitative estimate of drug-likeness (QED) is 0.602. The zero-order chi connectivity index (χ0) is 7.68. The van der Waals surface area contributed by atoms with Gasteiger partial charge in [-0.1, -0.05) is 12.1 Å². The van der Waals surface area contributed by atoms with Gasteiger partial charge in [0.05, 0.1) is 6.20 Å². The zero-order valence-corrected chi connectivity index (χ0v) is 6.71. The number of hydrogen-bond acceptors (Lipinski definition) is 3. The van der Waals surface area contributed by atoms with Crippen molar-refractivity contribution in [1.82, 2.24) is 10.1 Å². The van der Waals surface area contributed by atoms with E-state index in [0.717, 1.165) is 31.8 Å². The molecule has 60 valence electrons. The van der Waals surface area contributed by atoms with Gasteiger partial charge >= 0.3 is 0 Å². The second-order valence-electron chi connectivity index (χ2n) is 2.89. The predicted octanol–water partition coefficient (Wildman–Crippen LogP) is 1.05. The van der Waals surface area contributed by atoms with E-state index in [1.165, 1.54) is 5.56 Å².